The number of hydrogen-bond acceptors (Lipinski definition) is 2. The summed E-state index contributed by atoms with van der Waals surface area (Å²) in [6.45, 7) is 2.47. The van der Waals surface area contributed by atoms with E-state index in [0.29, 0.717) is 11.8 Å². The third kappa shape index (κ3) is 1.30. The molecule has 2 aromatic rings. The summed E-state index contributed by atoms with van der Waals surface area (Å²) >= 11 is 5.89. The van der Waals surface area contributed by atoms with Gasteiger partial charge in [0.05, 0.1) is 11.2 Å². The van der Waals surface area contributed by atoms with Gasteiger partial charge in [0.2, 0.25) is 5.28 Å². The van der Waals surface area contributed by atoms with Gasteiger partial charge in [0.25, 0.3) is 0 Å². The third-order valence-corrected chi connectivity index (χ3v) is 2.35. The number of fused-ring (bicyclic) bond motifs is 1. The monoisotopic (exact) mass is 195 g/mol. The molecule has 0 aliphatic rings. The van der Waals surface area contributed by atoms with Gasteiger partial charge in [0.15, 0.2) is 0 Å². The Morgan fingerprint density at radius 1 is 1.62 bits per heavy atom. The summed E-state index contributed by atoms with van der Waals surface area (Å²) in [4.78, 5) is 4.15. The molecule has 0 unspecified atom stereocenters. The zero-order chi connectivity index (χ0) is 9.42. The number of halogens is 1. The number of nitrogens with zero attached hydrogens (tertiary/aromatic N) is 2. The molecule has 0 atom stereocenters. The number of imidazole rings is 1. The van der Waals surface area contributed by atoms with Gasteiger partial charge in [-0.05, 0) is 36.2 Å². The van der Waals surface area contributed by atoms with Gasteiger partial charge in [-0.15, -0.1) is 0 Å². The van der Waals surface area contributed by atoms with Crippen molar-refractivity contribution in [3.63, 3.8) is 0 Å². The highest BCUT2D eigenvalue weighted by atomic mass is 35.5. The van der Waals surface area contributed by atoms with Crippen LogP contribution in [0.1, 0.15) is 11.3 Å². The quantitative estimate of drug-likeness (QED) is 0.754. The third-order valence-electron chi connectivity index (χ3n) is 2.08. The van der Waals surface area contributed by atoms with Crippen molar-refractivity contribution >= 4 is 17.1 Å². The van der Waals surface area contributed by atoms with Gasteiger partial charge in [-0.3, -0.25) is 4.40 Å². The van der Waals surface area contributed by atoms with Crippen LogP contribution in [0.15, 0.2) is 18.3 Å². The van der Waals surface area contributed by atoms with E-state index in [0.717, 1.165) is 16.8 Å². The van der Waals surface area contributed by atoms with Crippen LogP contribution < -0.4 is 5.73 Å². The van der Waals surface area contributed by atoms with E-state index >= 15 is 0 Å². The molecule has 0 saturated heterocycles. The zero-order valence-electron chi connectivity index (χ0n) is 7.29. The van der Waals surface area contributed by atoms with Crippen LogP contribution >= 0.6 is 11.6 Å². The average molecular weight is 196 g/mol. The lowest BCUT2D eigenvalue weighted by molar-refractivity contribution is 1.05. The summed E-state index contributed by atoms with van der Waals surface area (Å²) < 4.78 is 1.84. The smallest absolute Gasteiger partial charge is 0.207 e. The number of nitrogens with two attached hydrogens (primary N) is 1. The van der Waals surface area contributed by atoms with Crippen molar-refractivity contribution in [2.75, 3.05) is 0 Å². The molecule has 0 amide bonds. The second-order valence-corrected chi connectivity index (χ2v) is 3.30. The molecule has 2 rings (SSSR count). The second-order valence-electron chi connectivity index (χ2n) is 2.96. The predicted molar refractivity (Wildman–Crippen MR) is 52.8 cm³/mol. The minimum Gasteiger partial charge on any atom is -0.326 e. The Labute approximate surface area is 81.1 Å². The SMILES string of the molecule is Cc1nc(Cl)n2ccc(CN)cc12. The number of hydrogen-bond donors (Lipinski definition) is 1. The number of rotatable bonds is 1. The summed E-state index contributed by atoms with van der Waals surface area (Å²) in [6.07, 6.45) is 1.89. The highest BCUT2D eigenvalue weighted by Crippen LogP contribution is 2.17. The van der Waals surface area contributed by atoms with Gasteiger partial charge >= 0.3 is 0 Å². The molecule has 0 aliphatic carbocycles. The zero-order valence-corrected chi connectivity index (χ0v) is 8.04. The Morgan fingerprint density at radius 2 is 2.38 bits per heavy atom. The standard InChI is InChI=1S/C9H10ClN3/c1-6-8-4-7(5-11)2-3-13(8)9(10)12-6/h2-4H,5,11H2,1H3. The molecule has 3 nitrogen and oxygen atoms in total. The van der Waals surface area contributed by atoms with E-state index in [1.54, 1.807) is 0 Å². The number of aromatic nitrogens is 2. The molecule has 2 N–H and O–H groups in total. The first-order chi connectivity index (χ1) is 6.22. The van der Waals surface area contributed by atoms with E-state index in [9.17, 15) is 0 Å². The van der Waals surface area contributed by atoms with Crippen molar-refractivity contribution in [2.45, 2.75) is 13.5 Å². The molecule has 0 spiro atoms. The largest absolute Gasteiger partial charge is 0.326 e. The first-order valence-electron chi connectivity index (χ1n) is 4.05. The molecular weight excluding hydrogens is 186 g/mol. The maximum Gasteiger partial charge on any atom is 0.207 e. The first kappa shape index (κ1) is 8.53. The number of pyridine rings is 1. The van der Waals surface area contributed by atoms with E-state index in [1.165, 1.54) is 0 Å². The summed E-state index contributed by atoms with van der Waals surface area (Å²) in [6, 6.07) is 3.95. The fraction of sp³-hybridized carbons (Fsp3) is 0.222. The van der Waals surface area contributed by atoms with Crippen LogP contribution in [0, 0.1) is 6.92 Å². The summed E-state index contributed by atoms with van der Waals surface area (Å²) in [5.74, 6) is 0. The Morgan fingerprint density at radius 3 is 3.08 bits per heavy atom. The van der Waals surface area contributed by atoms with Crippen LogP contribution in [0.5, 0.6) is 0 Å². The maximum atomic E-state index is 5.89. The first-order valence-corrected chi connectivity index (χ1v) is 4.43. The van der Waals surface area contributed by atoms with E-state index in [4.69, 9.17) is 17.3 Å². The van der Waals surface area contributed by atoms with Crippen molar-refractivity contribution in [1.82, 2.24) is 9.38 Å². The molecule has 68 valence electrons. The topological polar surface area (TPSA) is 43.3 Å². The van der Waals surface area contributed by atoms with Gasteiger partial charge in [-0.25, -0.2) is 4.98 Å². The minimum atomic E-state index is 0.496. The van der Waals surface area contributed by atoms with Gasteiger partial charge < -0.3 is 5.73 Å². The lowest BCUT2D eigenvalue weighted by Crippen LogP contribution is -1.97. The molecule has 0 radical (unpaired) electrons. The van der Waals surface area contributed by atoms with Gasteiger partial charge in [0.1, 0.15) is 0 Å². The molecule has 2 aromatic heterocycles. The highest BCUT2D eigenvalue weighted by Gasteiger charge is 2.05. The van der Waals surface area contributed by atoms with E-state index in [2.05, 4.69) is 4.98 Å². The molecule has 2 heterocycles. The van der Waals surface area contributed by atoms with Gasteiger partial charge in [-0.2, -0.15) is 0 Å². The summed E-state index contributed by atoms with van der Waals surface area (Å²) in [5.41, 5.74) is 8.58. The summed E-state index contributed by atoms with van der Waals surface area (Å²) in [7, 11) is 0. The van der Waals surface area contributed by atoms with E-state index < -0.39 is 0 Å². The normalized spacial score (nSPS) is 11.0. The van der Waals surface area contributed by atoms with Crippen LogP contribution in [0.3, 0.4) is 0 Å². The van der Waals surface area contributed by atoms with Crippen LogP contribution in [0.4, 0.5) is 0 Å². The molecule has 0 aliphatic heterocycles. The van der Waals surface area contributed by atoms with Crippen molar-refractivity contribution in [3.8, 4) is 0 Å². The lowest BCUT2D eigenvalue weighted by atomic mass is 10.2. The summed E-state index contributed by atoms with van der Waals surface area (Å²) in [5, 5.41) is 0.496. The van der Waals surface area contributed by atoms with Gasteiger partial charge in [0, 0.05) is 12.7 Å². The maximum absolute atomic E-state index is 5.89. The fourth-order valence-corrected chi connectivity index (χ4v) is 1.63. The van der Waals surface area contributed by atoms with Crippen LogP contribution in [0.2, 0.25) is 5.28 Å². The Bertz CT molecular complexity index is 447. The van der Waals surface area contributed by atoms with Crippen molar-refractivity contribution in [1.29, 1.82) is 0 Å². The van der Waals surface area contributed by atoms with E-state index in [1.807, 2.05) is 29.7 Å². The Balaban J connectivity index is 2.76. The Hall–Kier alpha value is -1.06. The minimum absolute atomic E-state index is 0.496. The van der Waals surface area contributed by atoms with Crippen LogP contribution in [-0.4, -0.2) is 9.38 Å². The second kappa shape index (κ2) is 3.01. The van der Waals surface area contributed by atoms with Crippen molar-refractivity contribution in [3.05, 3.63) is 34.9 Å². The molecule has 0 aromatic carbocycles. The molecule has 13 heavy (non-hydrogen) atoms. The average Bonchev–Trinajstić information content (AvgIpc) is 2.42. The molecule has 0 saturated carbocycles. The molecule has 0 bridgehead atoms. The molecule has 4 heteroatoms. The van der Waals surface area contributed by atoms with Crippen molar-refractivity contribution < 1.29 is 0 Å². The van der Waals surface area contributed by atoms with Crippen LogP contribution in [-0.2, 0) is 6.54 Å². The molecule has 0 fully saturated rings. The van der Waals surface area contributed by atoms with E-state index in [-0.39, 0.29) is 0 Å². The lowest BCUT2D eigenvalue weighted by Gasteiger charge is -1.98. The predicted octanol–water partition coefficient (Wildman–Crippen LogP) is 1.75. The highest BCUT2D eigenvalue weighted by molar-refractivity contribution is 6.28. The number of aryl methyl sites for hydroxylation is 1. The van der Waals surface area contributed by atoms with Crippen molar-refractivity contribution in [2.24, 2.45) is 5.73 Å². The Kier molecular flexibility index (Phi) is 1.98. The van der Waals surface area contributed by atoms with Crippen LogP contribution in [0.25, 0.3) is 5.52 Å². The van der Waals surface area contributed by atoms with Gasteiger partial charge in [-0.1, -0.05) is 0 Å². The fourth-order valence-electron chi connectivity index (χ4n) is 1.36. The molecular formula is C9H10ClN3.